The summed E-state index contributed by atoms with van der Waals surface area (Å²) >= 11 is 0. The largest absolute Gasteiger partial charge is 0.481 e. The van der Waals surface area contributed by atoms with E-state index in [1.54, 1.807) is 20.1 Å². The van der Waals surface area contributed by atoms with E-state index in [9.17, 15) is 4.79 Å². The van der Waals surface area contributed by atoms with Crippen molar-refractivity contribution in [3.8, 4) is 5.88 Å². The van der Waals surface area contributed by atoms with Gasteiger partial charge in [-0.1, -0.05) is 6.07 Å². The smallest absolute Gasteiger partial charge is 0.255 e. The molecular formula is C19H21N5O3. The molecule has 0 spiro atoms. The third kappa shape index (κ3) is 3.42. The maximum Gasteiger partial charge on any atom is 0.255 e. The standard InChI is InChI=1S/C19H21N5O3/c1-11-14(17(25)20-9-12-5-4-6-13(23-12)26-3)15-16(24-19(2)7-8-19)21-10-22-18(15)27-11/h4-6,10H,7-9H2,1-3H3,(H,20,25)(H,21,22,24). The van der Waals surface area contributed by atoms with E-state index in [0.717, 1.165) is 12.8 Å². The normalized spacial score (nSPS) is 14.8. The van der Waals surface area contributed by atoms with Gasteiger partial charge < -0.3 is 19.8 Å². The molecule has 0 unspecified atom stereocenters. The van der Waals surface area contributed by atoms with Crippen molar-refractivity contribution >= 4 is 22.8 Å². The molecular weight excluding hydrogens is 346 g/mol. The topological polar surface area (TPSA) is 102 Å². The first-order chi connectivity index (χ1) is 13.0. The second-order valence-corrected chi connectivity index (χ2v) is 6.98. The molecule has 1 aliphatic carbocycles. The number of nitrogens with one attached hydrogen (secondary N) is 2. The van der Waals surface area contributed by atoms with Crippen LogP contribution >= 0.6 is 0 Å². The Morgan fingerprint density at radius 3 is 2.89 bits per heavy atom. The fourth-order valence-electron chi connectivity index (χ4n) is 2.94. The predicted octanol–water partition coefficient (Wildman–Crippen LogP) is 2.83. The molecule has 8 nitrogen and oxygen atoms in total. The minimum Gasteiger partial charge on any atom is -0.481 e. The van der Waals surface area contributed by atoms with Crippen molar-refractivity contribution in [1.82, 2.24) is 20.3 Å². The molecule has 27 heavy (non-hydrogen) atoms. The maximum absolute atomic E-state index is 12.9. The lowest BCUT2D eigenvalue weighted by atomic mass is 10.1. The number of hydrogen-bond acceptors (Lipinski definition) is 7. The molecule has 8 heteroatoms. The summed E-state index contributed by atoms with van der Waals surface area (Å²) in [6, 6.07) is 5.41. The number of anilines is 1. The summed E-state index contributed by atoms with van der Waals surface area (Å²) in [5.41, 5.74) is 1.57. The quantitative estimate of drug-likeness (QED) is 0.690. The molecule has 0 aromatic carbocycles. The van der Waals surface area contributed by atoms with E-state index in [1.807, 2.05) is 12.1 Å². The fraction of sp³-hybridized carbons (Fsp3) is 0.368. The summed E-state index contributed by atoms with van der Waals surface area (Å²) in [4.78, 5) is 25.7. The van der Waals surface area contributed by atoms with Gasteiger partial charge in [-0.05, 0) is 32.8 Å². The van der Waals surface area contributed by atoms with Gasteiger partial charge in [-0.15, -0.1) is 0 Å². The summed E-state index contributed by atoms with van der Waals surface area (Å²) in [6.45, 7) is 4.15. The van der Waals surface area contributed by atoms with Gasteiger partial charge in [0, 0.05) is 11.6 Å². The van der Waals surface area contributed by atoms with Crippen molar-refractivity contribution in [3.05, 3.63) is 41.5 Å². The summed E-state index contributed by atoms with van der Waals surface area (Å²) in [6.07, 6.45) is 3.58. The number of furan rings is 1. The number of rotatable bonds is 6. The van der Waals surface area contributed by atoms with Crippen LogP contribution in [0.5, 0.6) is 5.88 Å². The van der Waals surface area contributed by atoms with E-state index >= 15 is 0 Å². The maximum atomic E-state index is 12.9. The van der Waals surface area contributed by atoms with Crippen molar-refractivity contribution in [2.45, 2.75) is 38.8 Å². The minimum atomic E-state index is -0.255. The molecule has 0 radical (unpaired) electrons. The van der Waals surface area contributed by atoms with Crippen LogP contribution in [0, 0.1) is 6.92 Å². The lowest BCUT2D eigenvalue weighted by molar-refractivity contribution is 0.0950. The van der Waals surface area contributed by atoms with Gasteiger partial charge in [0.2, 0.25) is 11.6 Å². The van der Waals surface area contributed by atoms with Crippen LogP contribution in [0.15, 0.2) is 28.9 Å². The van der Waals surface area contributed by atoms with Crippen LogP contribution in [-0.4, -0.2) is 33.5 Å². The van der Waals surface area contributed by atoms with E-state index in [4.69, 9.17) is 9.15 Å². The van der Waals surface area contributed by atoms with Gasteiger partial charge in [0.05, 0.1) is 30.3 Å². The van der Waals surface area contributed by atoms with Crippen molar-refractivity contribution in [2.75, 3.05) is 12.4 Å². The highest BCUT2D eigenvalue weighted by Gasteiger charge is 2.38. The molecule has 140 valence electrons. The number of amides is 1. The molecule has 1 aliphatic rings. The SMILES string of the molecule is COc1cccc(CNC(=O)c2c(C)oc3ncnc(NC4(C)CC4)c23)n1. The van der Waals surface area contributed by atoms with Gasteiger partial charge in [0.15, 0.2) is 0 Å². The average molecular weight is 367 g/mol. The zero-order valence-corrected chi connectivity index (χ0v) is 15.5. The van der Waals surface area contributed by atoms with Gasteiger partial charge in [0.1, 0.15) is 17.9 Å². The van der Waals surface area contributed by atoms with E-state index in [1.165, 1.54) is 6.33 Å². The van der Waals surface area contributed by atoms with Gasteiger partial charge >= 0.3 is 0 Å². The highest BCUT2D eigenvalue weighted by Crippen LogP contribution is 2.40. The van der Waals surface area contributed by atoms with Crippen LogP contribution in [0.25, 0.3) is 11.1 Å². The second-order valence-electron chi connectivity index (χ2n) is 6.98. The number of nitrogens with zero attached hydrogens (tertiary/aromatic N) is 3. The summed E-state index contributed by atoms with van der Waals surface area (Å²) < 4.78 is 10.8. The van der Waals surface area contributed by atoms with E-state index in [0.29, 0.717) is 39.8 Å². The molecule has 3 heterocycles. The number of aromatic nitrogens is 3. The molecule has 0 aliphatic heterocycles. The molecule has 0 saturated heterocycles. The van der Waals surface area contributed by atoms with Crippen molar-refractivity contribution in [3.63, 3.8) is 0 Å². The molecule has 1 saturated carbocycles. The Bertz CT molecular complexity index is 1010. The first-order valence-corrected chi connectivity index (χ1v) is 8.79. The van der Waals surface area contributed by atoms with Gasteiger partial charge in [-0.25, -0.2) is 15.0 Å². The Kier molecular flexibility index (Phi) is 4.18. The number of aryl methyl sites for hydroxylation is 1. The first-order valence-electron chi connectivity index (χ1n) is 8.79. The summed E-state index contributed by atoms with van der Waals surface area (Å²) in [5, 5.41) is 6.91. The van der Waals surface area contributed by atoms with Crippen molar-refractivity contribution in [2.24, 2.45) is 0 Å². The van der Waals surface area contributed by atoms with Crippen LogP contribution in [0.1, 0.15) is 41.6 Å². The number of hydrogen-bond donors (Lipinski definition) is 2. The zero-order chi connectivity index (χ0) is 19.0. The first kappa shape index (κ1) is 17.3. The van der Waals surface area contributed by atoms with Gasteiger partial charge in [-0.3, -0.25) is 4.79 Å². The van der Waals surface area contributed by atoms with Crippen LogP contribution < -0.4 is 15.4 Å². The van der Waals surface area contributed by atoms with Crippen LogP contribution in [-0.2, 0) is 6.54 Å². The van der Waals surface area contributed by atoms with E-state index in [2.05, 4.69) is 32.5 Å². The summed E-state index contributed by atoms with van der Waals surface area (Å²) in [7, 11) is 1.56. The number of carbonyl (C=O) groups excluding carboxylic acids is 1. The lowest BCUT2D eigenvalue weighted by Gasteiger charge is -2.13. The van der Waals surface area contributed by atoms with E-state index < -0.39 is 0 Å². The molecule has 3 aromatic heterocycles. The Labute approximate surface area is 156 Å². The average Bonchev–Trinajstić information content (AvgIpc) is 3.28. The van der Waals surface area contributed by atoms with Gasteiger partial charge in [-0.2, -0.15) is 0 Å². The Hall–Kier alpha value is -3.16. The number of ether oxygens (including phenoxy) is 1. The number of pyridine rings is 1. The zero-order valence-electron chi connectivity index (χ0n) is 15.5. The Morgan fingerprint density at radius 1 is 1.33 bits per heavy atom. The highest BCUT2D eigenvalue weighted by atomic mass is 16.5. The number of fused-ring (bicyclic) bond motifs is 1. The highest BCUT2D eigenvalue weighted by molar-refractivity contribution is 6.10. The Morgan fingerprint density at radius 2 is 2.15 bits per heavy atom. The predicted molar refractivity (Wildman–Crippen MR) is 99.8 cm³/mol. The third-order valence-corrected chi connectivity index (χ3v) is 4.73. The molecule has 1 amide bonds. The van der Waals surface area contributed by atoms with E-state index in [-0.39, 0.29) is 18.0 Å². The van der Waals surface area contributed by atoms with Crippen LogP contribution in [0.2, 0.25) is 0 Å². The van der Waals surface area contributed by atoms with Crippen molar-refractivity contribution < 1.29 is 13.9 Å². The number of methoxy groups -OCH3 is 1. The van der Waals surface area contributed by atoms with Crippen LogP contribution in [0.4, 0.5) is 5.82 Å². The third-order valence-electron chi connectivity index (χ3n) is 4.73. The monoisotopic (exact) mass is 367 g/mol. The van der Waals surface area contributed by atoms with Crippen molar-refractivity contribution in [1.29, 1.82) is 0 Å². The Balaban J connectivity index is 1.61. The fourth-order valence-corrected chi connectivity index (χ4v) is 2.94. The minimum absolute atomic E-state index is 0.0186. The number of carbonyl (C=O) groups is 1. The summed E-state index contributed by atoms with van der Waals surface area (Å²) in [5.74, 6) is 1.38. The molecule has 3 aromatic rings. The molecule has 1 fully saturated rings. The van der Waals surface area contributed by atoms with Crippen LogP contribution in [0.3, 0.4) is 0 Å². The second kappa shape index (κ2) is 6.53. The molecule has 2 N–H and O–H groups in total. The molecule has 0 atom stereocenters. The lowest BCUT2D eigenvalue weighted by Crippen LogP contribution is -2.24. The van der Waals surface area contributed by atoms with Gasteiger partial charge in [0.25, 0.3) is 5.91 Å². The molecule has 0 bridgehead atoms. The molecule has 4 rings (SSSR count).